The van der Waals surface area contributed by atoms with Gasteiger partial charge in [-0.25, -0.2) is 9.59 Å². The minimum atomic E-state index is -0.804. The molecule has 0 aromatic rings. The number of ether oxygens (including phenoxy) is 3. The van der Waals surface area contributed by atoms with Crippen LogP contribution < -0.4 is 16.4 Å². The van der Waals surface area contributed by atoms with Crippen LogP contribution in [-0.2, 0) is 19.0 Å². The van der Waals surface area contributed by atoms with Gasteiger partial charge in [0.1, 0.15) is 24.4 Å². The number of hydrogen-bond acceptors (Lipinski definition) is 8. The van der Waals surface area contributed by atoms with Crippen molar-refractivity contribution < 1.29 is 28.6 Å². The predicted octanol–water partition coefficient (Wildman–Crippen LogP) is 7.49. The van der Waals surface area contributed by atoms with Crippen molar-refractivity contribution >= 4 is 29.9 Å². The van der Waals surface area contributed by atoms with Crippen LogP contribution in [0.25, 0.3) is 0 Å². The van der Waals surface area contributed by atoms with E-state index >= 15 is 0 Å². The van der Waals surface area contributed by atoms with Crippen molar-refractivity contribution in [1.82, 2.24) is 10.6 Å². The fourth-order valence-corrected chi connectivity index (χ4v) is 5.15. The maximum absolute atomic E-state index is 12.4. The minimum absolute atomic E-state index is 0.0802. The van der Waals surface area contributed by atoms with Crippen molar-refractivity contribution in [2.45, 2.75) is 155 Å². The van der Waals surface area contributed by atoms with Gasteiger partial charge in [-0.3, -0.25) is 4.79 Å². The average molecular weight is 618 g/mol. The quantitative estimate of drug-likeness (QED) is 0.0517. The molecule has 0 fully saturated rings. The number of esters is 1. The molecule has 1 unspecified atom stereocenters. The molecule has 10 heteroatoms. The third-order valence-corrected chi connectivity index (χ3v) is 7.79. The van der Waals surface area contributed by atoms with Gasteiger partial charge in [-0.2, -0.15) is 11.8 Å². The molecular formula is C32H63N3O6S. The largest absolute Gasteiger partial charge is 0.459 e. The first-order valence-corrected chi connectivity index (χ1v) is 17.7. The number of unbranched alkanes of at least 4 members (excludes halogenated alkanes) is 14. The Morgan fingerprint density at radius 1 is 0.690 bits per heavy atom. The summed E-state index contributed by atoms with van der Waals surface area (Å²) in [5.74, 6) is 0.138. The Morgan fingerprint density at radius 2 is 1.14 bits per heavy atom. The molecule has 248 valence electrons. The second-order valence-corrected chi connectivity index (χ2v) is 13.2. The zero-order chi connectivity index (χ0) is 31.5. The highest BCUT2D eigenvalue weighted by atomic mass is 32.2. The summed E-state index contributed by atoms with van der Waals surface area (Å²) in [7, 11) is 0. The second kappa shape index (κ2) is 26.9. The fraction of sp³-hybridized carbons (Fsp3) is 0.906. The number of alkyl carbamates (subject to hydrolysis) is 2. The molecule has 0 aromatic carbocycles. The van der Waals surface area contributed by atoms with E-state index in [1.54, 1.807) is 20.8 Å². The van der Waals surface area contributed by atoms with Gasteiger partial charge in [0.2, 0.25) is 0 Å². The molecule has 0 saturated heterocycles. The summed E-state index contributed by atoms with van der Waals surface area (Å²) >= 11 is 1.35. The van der Waals surface area contributed by atoms with Crippen molar-refractivity contribution in [1.29, 1.82) is 0 Å². The molecule has 0 aliphatic rings. The van der Waals surface area contributed by atoms with Crippen LogP contribution in [0.4, 0.5) is 9.59 Å². The Balaban J connectivity index is 4.45. The maximum Gasteiger partial charge on any atom is 0.407 e. The first-order valence-electron chi connectivity index (χ1n) is 16.5. The maximum atomic E-state index is 12.4. The molecule has 0 rings (SSSR count). The topological polar surface area (TPSA) is 129 Å². The lowest BCUT2D eigenvalue weighted by Crippen LogP contribution is -2.40. The van der Waals surface area contributed by atoms with Crippen LogP contribution in [-0.4, -0.2) is 67.1 Å². The normalized spacial score (nSPS) is 12.8. The SMILES string of the molecule is CCCCCCCCCCNC(=O)OC[C@H](CSCC(N)C(=O)OC(C)(C)C)OC(=O)NCCCCCCCCCC. The number of hydrogen-bond donors (Lipinski definition) is 3. The van der Waals surface area contributed by atoms with Gasteiger partial charge in [0.15, 0.2) is 0 Å². The third kappa shape index (κ3) is 27.2. The molecular weight excluding hydrogens is 554 g/mol. The van der Waals surface area contributed by atoms with Crippen molar-refractivity contribution in [3.63, 3.8) is 0 Å². The van der Waals surface area contributed by atoms with Crippen molar-refractivity contribution in [3.8, 4) is 0 Å². The van der Waals surface area contributed by atoms with Crippen LogP contribution in [0.5, 0.6) is 0 Å². The average Bonchev–Trinajstić information content (AvgIpc) is 2.93. The number of carbonyl (C=O) groups is 3. The standard InChI is InChI=1S/C32H63N3O6S/c1-6-8-10-12-14-16-18-20-22-34-30(37)39-24-27(25-42-26-28(33)29(36)41-32(3,4)5)40-31(38)35-23-21-19-17-15-13-11-9-7-2/h27-28H,6-26,33H2,1-5H3,(H,34,37)(H,35,38)/t27-,28?/m1/s1. The van der Waals surface area contributed by atoms with Crippen LogP contribution in [0.3, 0.4) is 0 Å². The Morgan fingerprint density at radius 3 is 1.62 bits per heavy atom. The highest BCUT2D eigenvalue weighted by molar-refractivity contribution is 7.99. The second-order valence-electron chi connectivity index (χ2n) is 12.1. The third-order valence-electron chi connectivity index (χ3n) is 6.58. The first-order chi connectivity index (χ1) is 20.1. The number of amides is 2. The lowest BCUT2D eigenvalue weighted by molar-refractivity contribution is -0.155. The Labute approximate surface area is 260 Å². The van der Waals surface area contributed by atoms with Gasteiger partial charge in [0, 0.05) is 24.6 Å². The Bertz CT molecular complexity index is 690. The highest BCUT2D eigenvalue weighted by Crippen LogP contribution is 2.13. The van der Waals surface area contributed by atoms with Gasteiger partial charge in [-0.05, 0) is 33.6 Å². The first kappa shape index (κ1) is 40.3. The smallest absolute Gasteiger partial charge is 0.407 e. The van der Waals surface area contributed by atoms with Crippen LogP contribution in [0, 0.1) is 0 Å². The number of thioether (sulfide) groups is 1. The Hall–Kier alpha value is -1.68. The van der Waals surface area contributed by atoms with Gasteiger partial charge in [-0.15, -0.1) is 0 Å². The summed E-state index contributed by atoms with van der Waals surface area (Å²) in [5, 5.41) is 5.58. The number of rotatable bonds is 26. The van der Waals surface area contributed by atoms with Crippen molar-refractivity contribution in [2.75, 3.05) is 31.2 Å². The molecule has 0 spiro atoms. The van der Waals surface area contributed by atoms with E-state index in [-0.39, 0.29) is 6.61 Å². The summed E-state index contributed by atoms with van der Waals surface area (Å²) in [6, 6.07) is -0.804. The monoisotopic (exact) mass is 617 g/mol. The predicted molar refractivity (Wildman–Crippen MR) is 174 cm³/mol. The molecule has 42 heavy (non-hydrogen) atoms. The zero-order valence-electron chi connectivity index (χ0n) is 27.4. The molecule has 0 radical (unpaired) electrons. The highest BCUT2D eigenvalue weighted by Gasteiger charge is 2.23. The summed E-state index contributed by atoms with van der Waals surface area (Å²) in [6.07, 6.45) is 17.2. The number of nitrogens with one attached hydrogen (secondary N) is 2. The summed E-state index contributed by atoms with van der Waals surface area (Å²) in [4.78, 5) is 36.8. The summed E-state index contributed by atoms with van der Waals surface area (Å²) in [5.41, 5.74) is 5.37. The van der Waals surface area contributed by atoms with Gasteiger partial charge < -0.3 is 30.6 Å². The Kier molecular flexibility index (Phi) is 25.8. The van der Waals surface area contributed by atoms with Crippen LogP contribution in [0.1, 0.15) is 137 Å². The van der Waals surface area contributed by atoms with E-state index < -0.39 is 35.9 Å². The van der Waals surface area contributed by atoms with E-state index in [4.69, 9.17) is 19.9 Å². The lowest BCUT2D eigenvalue weighted by Gasteiger charge is -2.22. The molecule has 0 aromatic heterocycles. The van der Waals surface area contributed by atoms with Crippen molar-refractivity contribution in [3.05, 3.63) is 0 Å². The zero-order valence-corrected chi connectivity index (χ0v) is 28.3. The molecule has 2 atom stereocenters. The summed E-state index contributed by atoms with van der Waals surface area (Å²) in [6.45, 7) is 10.8. The lowest BCUT2D eigenvalue weighted by atomic mass is 10.1. The molecule has 0 saturated carbocycles. The van der Waals surface area contributed by atoms with Crippen LogP contribution in [0.15, 0.2) is 0 Å². The van der Waals surface area contributed by atoms with Gasteiger partial charge in [-0.1, -0.05) is 104 Å². The fourth-order valence-electron chi connectivity index (χ4n) is 4.20. The molecule has 2 amide bonds. The number of carbonyl (C=O) groups excluding carboxylic acids is 3. The molecule has 0 aliphatic heterocycles. The van der Waals surface area contributed by atoms with E-state index in [9.17, 15) is 14.4 Å². The summed E-state index contributed by atoms with van der Waals surface area (Å²) < 4.78 is 16.2. The van der Waals surface area contributed by atoms with E-state index in [0.29, 0.717) is 24.6 Å². The van der Waals surface area contributed by atoms with E-state index in [1.807, 2.05) is 0 Å². The van der Waals surface area contributed by atoms with Gasteiger partial charge in [0.25, 0.3) is 0 Å². The molecule has 0 heterocycles. The van der Waals surface area contributed by atoms with Gasteiger partial charge >= 0.3 is 18.2 Å². The van der Waals surface area contributed by atoms with Crippen LogP contribution >= 0.6 is 11.8 Å². The molecule has 0 bridgehead atoms. The van der Waals surface area contributed by atoms with Crippen LogP contribution in [0.2, 0.25) is 0 Å². The molecule has 9 nitrogen and oxygen atoms in total. The molecule has 0 aliphatic carbocycles. The van der Waals surface area contributed by atoms with Crippen molar-refractivity contribution in [2.24, 2.45) is 5.73 Å². The number of nitrogens with two attached hydrogens (primary N) is 1. The van der Waals surface area contributed by atoms with E-state index in [1.165, 1.54) is 88.8 Å². The molecule has 4 N–H and O–H groups in total. The van der Waals surface area contributed by atoms with E-state index in [2.05, 4.69) is 24.5 Å². The van der Waals surface area contributed by atoms with Gasteiger partial charge in [0.05, 0.1) is 0 Å². The van der Waals surface area contributed by atoms with E-state index in [0.717, 1.165) is 25.7 Å². The minimum Gasteiger partial charge on any atom is -0.459 e.